The predicted octanol–water partition coefficient (Wildman–Crippen LogP) is 4.13. The van der Waals surface area contributed by atoms with Crippen molar-refractivity contribution in [3.05, 3.63) is 70.8 Å². The molecular formula is C24H29F2NO3S. The Balaban J connectivity index is 1.55. The van der Waals surface area contributed by atoms with Crippen LogP contribution < -0.4 is 0 Å². The first-order valence-corrected chi connectivity index (χ1v) is 12.1. The van der Waals surface area contributed by atoms with Crippen molar-refractivity contribution in [1.82, 2.24) is 4.31 Å². The van der Waals surface area contributed by atoms with Crippen LogP contribution in [0.3, 0.4) is 0 Å². The molecule has 4 nitrogen and oxygen atoms in total. The summed E-state index contributed by atoms with van der Waals surface area (Å²) in [6.07, 6.45) is 2.91. The van der Waals surface area contributed by atoms with Gasteiger partial charge in [0, 0.05) is 24.1 Å². The number of benzene rings is 2. The van der Waals surface area contributed by atoms with Gasteiger partial charge in [-0.2, -0.15) is 0 Å². The van der Waals surface area contributed by atoms with Gasteiger partial charge in [0.05, 0.1) is 18.0 Å². The predicted molar refractivity (Wildman–Crippen MR) is 117 cm³/mol. The highest BCUT2D eigenvalue weighted by Crippen LogP contribution is 2.41. The molecule has 168 valence electrons. The second-order valence-corrected chi connectivity index (χ2v) is 10.4. The van der Waals surface area contributed by atoms with Crippen molar-refractivity contribution in [2.45, 2.75) is 61.8 Å². The van der Waals surface area contributed by atoms with Crippen LogP contribution in [-0.2, 0) is 22.9 Å². The molecule has 2 fully saturated rings. The average Bonchev–Trinajstić information content (AvgIpc) is 2.79. The van der Waals surface area contributed by atoms with E-state index in [4.69, 9.17) is 0 Å². The number of nitrogens with zero attached hydrogens (tertiary/aromatic N) is 1. The van der Waals surface area contributed by atoms with Crippen molar-refractivity contribution in [3.8, 4) is 0 Å². The molecule has 2 aromatic rings. The maximum Gasteiger partial charge on any atom is 0.128 e. The summed E-state index contributed by atoms with van der Waals surface area (Å²) in [7, 11) is -1.33. The highest BCUT2D eigenvalue weighted by Gasteiger charge is 2.39. The summed E-state index contributed by atoms with van der Waals surface area (Å²) in [6.45, 7) is 0.353. The van der Waals surface area contributed by atoms with Crippen LogP contribution in [0.4, 0.5) is 8.78 Å². The first-order chi connectivity index (χ1) is 14.9. The molecule has 4 rings (SSSR count). The summed E-state index contributed by atoms with van der Waals surface area (Å²) < 4.78 is 45.0. The van der Waals surface area contributed by atoms with Crippen LogP contribution in [0.1, 0.15) is 60.5 Å². The van der Waals surface area contributed by atoms with Crippen LogP contribution in [-0.4, -0.2) is 38.0 Å². The molecule has 1 unspecified atom stereocenters. The second kappa shape index (κ2) is 9.45. The molecule has 31 heavy (non-hydrogen) atoms. The lowest BCUT2D eigenvalue weighted by molar-refractivity contribution is 0.0656. The van der Waals surface area contributed by atoms with Gasteiger partial charge in [0.25, 0.3) is 0 Å². The van der Waals surface area contributed by atoms with Gasteiger partial charge >= 0.3 is 0 Å². The Bertz CT molecular complexity index is 932. The van der Waals surface area contributed by atoms with Crippen molar-refractivity contribution in [3.63, 3.8) is 0 Å². The van der Waals surface area contributed by atoms with E-state index in [1.54, 1.807) is 4.31 Å². The minimum absolute atomic E-state index is 0.0732. The van der Waals surface area contributed by atoms with Crippen LogP contribution in [0.2, 0.25) is 0 Å². The molecule has 2 aromatic carbocycles. The first-order valence-electron chi connectivity index (χ1n) is 10.9. The van der Waals surface area contributed by atoms with E-state index in [-0.39, 0.29) is 29.5 Å². The van der Waals surface area contributed by atoms with E-state index in [0.717, 1.165) is 18.4 Å². The van der Waals surface area contributed by atoms with Crippen LogP contribution in [0.5, 0.6) is 0 Å². The van der Waals surface area contributed by atoms with Gasteiger partial charge in [0.2, 0.25) is 0 Å². The van der Waals surface area contributed by atoms with E-state index >= 15 is 8.78 Å². The Morgan fingerprint density at radius 3 is 2.45 bits per heavy atom. The molecule has 1 heterocycles. The molecular weight excluding hydrogens is 420 g/mol. The molecule has 1 aliphatic carbocycles. The second-order valence-electron chi connectivity index (χ2n) is 8.77. The molecule has 2 aliphatic rings. The third-order valence-electron chi connectivity index (χ3n) is 6.81. The highest BCUT2D eigenvalue weighted by atomic mass is 32.2. The fourth-order valence-electron chi connectivity index (χ4n) is 4.89. The summed E-state index contributed by atoms with van der Waals surface area (Å²) in [4.78, 5) is 0. The lowest BCUT2D eigenvalue weighted by Gasteiger charge is -2.38. The lowest BCUT2D eigenvalue weighted by Crippen LogP contribution is -2.38. The van der Waals surface area contributed by atoms with Crippen LogP contribution >= 0.6 is 0 Å². The Morgan fingerprint density at radius 2 is 1.77 bits per heavy atom. The molecule has 0 bridgehead atoms. The summed E-state index contributed by atoms with van der Waals surface area (Å²) in [6, 6.07) is 12.0. The van der Waals surface area contributed by atoms with Crippen molar-refractivity contribution in [2.75, 3.05) is 13.2 Å². The zero-order chi connectivity index (χ0) is 22.0. The number of aliphatic hydroxyl groups excluding tert-OH is 2. The van der Waals surface area contributed by atoms with Gasteiger partial charge in [0.1, 0.15) is 22.6 Å². The molecule has 2 N–H and O–H groups in total. The van der Waals surface area contributed by atoms with Crippen LogP contribution in [0.15, 0.2) is 42.5 Å². The van der Waals surface area contributed by atoms with Crippen molar-refractivity contribution in [2.24, 2.45) is 0 Å². The Hall–Kier alpha value is -1.67. The van der Waals surface area contributed by atoms with Crippen LogP contribution in [0, 0.1) is 11.6 Å². The minimum atomic E-state index is -1.33. The van der Waals surface area contributed by atoms with Crippen LogP contribution in [0.25, 0.3) is 0 Å². The maximum absolute atomic E-state index is 15.1. The Labute approximate surface area is 184 Å². The molecule has 7 heteroatoms. The lowest BCUT2D eigenvalue weighted by atomic mass is 9.69. The van der Waals surface area contributed by atoms with Gasteiger partial charge in [-0.1, -0.05) is 30.3 Å². The molecule has 2 atom stereocenters. The van der Waals surface area contributed by atoms with Gasteiger partial charge in [-0.05, 0) is 61.8 Å². The van der Waals surface area contributed by atoms with Crippen molar-refractivity contribution < 1.29 is 23.2 Å². The number of aliphatic hydroxyl groups is 2. The van der Waals surface area contributed by atoms with Crippen molar-refractivity contribution in [1.29, 1.82) is 0 Å². The topological polar surface area (TPSA) is 60.8 Å². The fraction of sp³-hybridized carbons (Fsp3) is 0.500. The molecule has 0 radical (unpaired) electrons. The Morgan fingerprint density at radius 1 is 1.06 bits per heavy atom. The molecule has 1 saturated heterocycles. The normalized spacial score (nSPS) is 29.7. The summed E-state index contributed by atoms with van der Waals surface area (Å²) in [5, 5.41) is 19.6. The van der Waals surface area contributed by atoms with Gasteiger partial charge in [0.15, 0.2) is 0 Å². The monoisotopic (exact) mass is 449 g/mol. The Kier molecular flexibility index (Phi) is 6.86. The van der Waals surface area contributed by atoms with Gasteiger partial charge in [-0.3, -0.25) is 0 Å². The zero-order valence-electron chi connectivity index (χ0n) is 17.5. The quantitative estimate of drug-likeness (QED) is 0.722. The van der Waals surface area contributed by atoms with Gasteiger partial charge < -0.3 is 10.2 Å². The van der Waals surface area contributed by atoms with Gasteiger partial charge in [-0.15, -0.1) is 0 Å². The SMILES string of the molecule is O=S1[C@@H](c2ccccc2)CCCN1Cc1cc(F)c(C2(CO)CCC(O)CC2)cc1F. The minimum Gasteiger partial charge on any atom is -0.395 e. The summed E-state index contributed by atoms with van der Waals surface area (Å²) in [5.74, 6) is -1.10. The third-order valence-corrected chi connectivity index (χ3v) is 8.63. The smallest absolute Gasteiger partial charge is 0.128 e. The molecule has 0 amide bonds. The summed E-state index contributed by atoms with van der Waals surface area (Å²) in [5.41, 5.74) is 0.476. The molecule has 0 aromatic heterocycles. The van der Waals surface area contributed by atoms with Crippen molar-refractivity contribution >= 4 is 11.0 Å². The van der Waals surface area contributed by atoms with E-state index in [0.29, 0.717) is 32.2 Å². The third kappa shape index (κ3) is 4.60. The summed E-state index contributed by atoms with van der Waals surface area (Å²) >= 11 is 0. The number of hydrogen-bond acceptors (Lipinski definition) is 3. The number of hydrogen-bond donors (Lipinski definition) is 2. The van der Waals surface area contributed by atoms with E-state index in [1.165, 1.54) is 12.1 Å². The largest absolute Gasteiger partial charge is 0.395 e. The van der Waals surface area contributed by atoms with E-state index in [9.17, 15) is 14.4 Å². The zero-order valence-corrected chi connectivity index (χ0v) is 18.3. The highest BCUT2D eigenvalue weighted by molar-refractivity contribution is 7.82. The van der Waals surface area contributed by atoms with E-state index in [1.807, 2.05) is 30.3 Å². The van der Waals surface area contributed by atoms with E-state index in [2.05, 4.69) is 0 Å². The standard InChI is InChI=1S/C24H29F2NO3S/c25-21-14-20(24(16-28)10-8-19(29)9-11-24)22(26)13-18(21)15-27-12-4-7-23(31(27)30)17-5-2-1-3-6-17/h1-3,5-6,13-14,19,23,28-29H,4,7-12,15-16H2/t19?,23-,24?,31?/m1/s1. The maximum atomic E-state index is 15.1. The average molecular weight is 450 g/mol. The molecule has 1 saturated carbocycles. The number of rotatable bonds is 5. The number of halogens is 2. The fourth-order valence-corrected chi connectivity index (χ4v) is 6.58. The van der Waals surface area contributed by atoms with Gasteiger partial charge in [-0.25, -0.2) is 17.3 Å². The molecule has 0 spiro atoms. The van der Waals surface area contributed by atoms with E-state index < -0.39 is 34.1 Å². The first kappa shape index (κ1) is 22.5. The molecule has 1 aliphatic heterocycles.